The maximum Gasteiger partial charge on any atom is 0.321 e. The van der Waals surface area contributed by atoms with Crippen LogP contribution in [0.2, 0.25) is 0 Å². The maximum atomic E-state index is 11.8. The molecule has 19 heavy (non-hydrogen) atoms. The van der Waals surface area contributed by atoms with Crippen LogP contribution in [0, 0.1) is 12.8 Å². The van der Waals surface area contributed by atoms with Gasteiger partial charge in [0.25, 0.3) is 0 Å². The Balaban J connectivity index is 2.45. The van der Waals surface area contributed by atoms with Gasteiger partial charge in [0.05, 0.1) is 5.92 Å². The number of nitrogens with zero attached hydrogens (tertiary/aromatic N) is 1. The van der Waals surface area contributed by atoms with Crippen molar-refractivity contribution in [2.24, 2.45) is 5.92 Å². The number of aryl methyl sites for hydroxylation is 1. The van der Waals surface area contributed by atoms with E-state index in [2.05, 4.69) is 5.32 Å². The van der Waals surface area contributed by atoms with Gasteiger partial charge in [0.15, 0.2) is 0 Å². The van der Waals surface area contributed by atoms with Crippen molar-refractivity contribution in [2.45, 2.75) is 20.3 Å². The molecular formula is C14H20N2O3. The number of urea groups is 1. The highest BCUT2D eigenvalue weighted by molar-refractivity contribution is 5.91. The molecule has 104 valence electrons. The molecule has 1 rings (SSSR count). The molecule has 2 N–H and O–H groups in total. The highest BCUT2D eigenvalue weighted by atomic mass is 16.4. The number of amides is 2. The molecular weight excluding hydrogens is 244 g/mol. The summed E-state index contributed by atoms with van der Waals surface area (Å²) in [7, 11) is 1.68. The van der Waals surface area contributed by atoms with Gasteiger partial charge >= 0.3 is 12.0 Å². The second kappa shape index (κ2) is 6.78. The van der Waals surface area contributed by atoms with Crippen LogP contribution >= 0.6 is 0 Å². The van der Waals surface area contributed by atoms with Crippen LogP contribution in [0.1, 0.15) is 18.9 Å². The van der Waals surface area contributed by atoms with Gasteiger partial charge in [0, 0.05) is 19.3 Å². The molecule has 0 aliphatic carbocycles. The maximum absolute atomic E-state index is 11.8. The summed E-state index contributed by atoms with van der Waals surface area (Å²) in [6.45, 7) is 3.96. The van der Waals surface area contributed by atoms with Gasteiger partial charge in [-0.3, -0.25) is 9.69 Å². The first-order chi connectivity index (χ1) is 8.91. The molecule has 0 saturated heterocycles. The Morgan fingerprint density at radius 2 is 1.89 bits per heavy atom. The van der Waals surface area contributed by atoms with Crippen LogP contribution in [0.4, 0.5) is 10.5 Å². The van der Waals surface area contributed by atoms with E-state index in [1.165, 1.54) is 4.90 Å². The molecule has 0 saturated carbocycles. The minimum absolute atomic E-state index is 0.235. The van der Waals surface area contributed by atoms with Gasteiger partial charge in [0.2, 0.25) is 0 Å². The number of carboxylic acid groups (broad SMARTS) is 1. The van der Waals surface area contributed by atoms with Crippen LogP contribution < -0.4 is 10.2 Å². The van der Waals surface area contributed by atoms with E-state index in [0.717, 1.165) is 11.3 Å². The number of nitrogens with one attached hydrogen (secondary N) is 1. The van der Waals surface area contributed by atoms with Gasteiger partial charge in [-0.15, -0.1) is 0 Å². The first-order valence-electron chi connectivity index (χ1n) is 6.23. The quantitative estimate of drug-likeness (QED) is 0.857. The average molecular weight is 264 g/mol. The smallest absolute Gasteiger partial charge is 0.321 e. The average Bonchev–Trinajstić information content (AvgIpc) is 2.38. The molecule has 0 aliphatic heterocycles. The SMILES string of the molecule is Cc1ccc(N(C)C(=O)NCCC(C)C(=O)O)cc1. The zero-order valence-corrected chi connectivity index (χ0v) is 11.5. The lowest BCUT2D eigenvalue weighted by molar-refractivity contribution is -0.141. The molecule has 5 nitrogen and oxygen atoms in total. The van der Waals surface area contributed by atoms with Crippen molar-refractivity contribution >= 4 is 17.7 Å². The molecule has 2 amide bonds. The summed E-state index contributed by atoms with van der Waals surface area (Å²) >= 11 is 0. The number of aliphatic carboxylic acids is 1. The lowest BCUT2D eigenvalue weighted by Gasteiger charge is -2.18. The van der Waals surface area contributed by atoms with Gasteiger partial charge in [0.1, 0.15) is 0 Å². The number of carbonyl (C=O) groups excluding carboxylic acids is 1. The normalized spacial score (nSPS) is 11.7. The van der Waals surface area contributed by atoms with Crippen molar-refractivity contribution in [1.29, 1.82) is 0 Å². The monoisotopic (exact) mass is 264 g/mol. The summed E-state index contributed by atoms with van der Waals surface area (Å²) in [5.74, 6) is -1.30. The van der Waals surface area contributed by atoms with E-state index in [-0.39, 0.29) is 6.03 Å². The van der Waals surface area contributed by atoms with Crippen molar-refractivity contribution in [1.82, 2.24) is 5.32 Å². The van der Waals surface area contributed by atoms with Gasteiger partial charge in [-0.1, -0.05) is 24.6 Å². The van der Waals surface area contributed by atoms with Crippen LogP contribution in [0.3, 0.4) is 0 Å². The fourth-order valence-electron chi connectivity index (χ4n) is 1.52. The van der Waals surface area contributed by atoms with E-state index in [4.69, 9.17) is 5.11 Å². The summed E-state index contributed by atoms with van der Waals surface area (Å²) in [5, 5.41) is 11.4. The van der Waals surface area contributed by atoms with Crippen LogP contribution in [-0.2, 0) is 4.79 Å². The Kier molecular flexibility index (Phi) is 5.36. The minimum Gasteiger partial charge on any atom is -0.481 e. The molecule has 0 aliphatic rings. The van der Waals surface area contributed by atoms with Crippen molar-refractivity contribution < 1.29 is 14.7 Å². The second-order valence-electron chi connectivity index (χ2n) is 4.65. The molecule has 0 fully saturated rings. The third kappa shape index (κ3) is 4.62. The number of rotatable bonds is 5. The Hall–Kier alpha value is -2.04. The zero-order valence-electron chi connectivity index (χ0n) is 11.5. The molecule has 5 heteroatoms. The van der Waals surface area contributed by atoms with Crippen molar-refractivity contribution in [3.05, 3.63) is 29.8 Å². The highest BCUT2D eigenvalue weighted by Crippen LogP contribution is 2.13. The fraction of sp³-hybridized carbons (Fsp3) is 0.429. The molecule has 0 spiro atoms. The molecule has 1 atom stereocenters. The molecule has 0 heterocycles. The van der Waals surface area contributed by atoms with Gasteiger partial charge < -0.3 is 10.4 Å². The van der Waals surface area contributed by atoms with E-state index in [1.54, 1.807) is 14.0 Å². The lowest BCUT2D eigenvalue weighted by atomic mass is 10.1. The largest absolute Gasteiger partial charge is 0.481 e. The summed E-state index contributed by atoms with van der Waals surface area (Å²) in [6.07, 6.45) is 0.419. The summed E-state index contributed by atoms with van der Waals surface area (Å²) < 4.78 is 0. The van der Waals surface area contributed by atoms with E-state index in [0.29, 0.717) is 13.0 Å². The summed E-state index contributed by atoms with van der Waals surface area (Å²) in [6, 6.07) is 7.38. The molecule has 1 unspecified atom stereocenters. The van der Waals surface area contributed by atoms with Crippen molar-refractivity contribution in [3.63, 3.8) is 0 Å². The van der Waals surface area contributed by atoms with Gasteiger partial charge in [-0.2, -0.15) is 0 Å². The van der Waals surface area contributed by atoms with Crippen LogP contribution in [0.25, 0.3) is 0 Å². The first-order valence-corrected chi connectivity index (χ1v) is 6.23. The molecule has 1 aromatic rings. The number of carboxylic acids is 1. The fourth-order valence-corrected chi connectivity index (χ4v) is 1.52. The second-order valence-corrected chi connectivity index (χ2v) is 4.65. The third-order valence-corrected chi connectivity index (χ3v) is 3.00. The number of anilines is 1. The minimum atomic E-state index is -0.846. The summed E-state index contributed by atoms with van der Waals surface area (Å²) in [4.78, 5) is 24.0. The topological polar surface area (TPSA) is 69.6 Å². The lowest BCUT2D eigenvalue weighted by Crippen LogP contribution is -2.38. The molecule has 0 radical (unpaired) electrons. The number of benzene rings is 1. The molecule has 1 aromatic carbocycles. The van der Waals surface area contributed by atoms with Crippen LogP contribution in [0.15, 0.2) is 24.3 Å². The molecule has 0 aromatic heterocycles. The van der Waals surface area contributed by atoms with E-state index >= 15 is 0 Å². The van der Waals surface area contributed by atoms with Crippen LogP contribution in [0.5, 0.6) is 0 Å². The molecule has 0 bridgehead atoms. The van der Waals surface area contributed by atoms with Crippen molar-refractivity contribution in [2.75, 3.05) is 18.5 Å². The Morgan fingerprint density at radius 1 is 1.32 bits per heavy atom. The zero-order chi connectivity index (χ0) is 14.4. The first kappa shape index (κ1) is 15.0. The van der Waals surface area contributed by atoms with E-state index in [1.807, 2.05) is 31.2 Å². The van der Waals surface area contributed by atoms with Crippen LogP contribution in [-0.4, -0.2) is 30.7 Å². The van der Waals surface area contributed by atoms with E-state index in [9.17, 15) is 9.59 Å². The van der Waals surface area contributed by atoms with Crippen molar-refractivity contribution in [3.8, 4) is 0 Å². The van der Waals surface area contributed by atoms with Gasteiger partial charge in [-0.05, 0) is 25.5 Å². The third-order valence-electron chi connectivity index (χ3n) is 3.00. The van der Waals surface area contributed by atoms with E-state index < -0.39 is 11.9 Å². The summed E-state index contributed by atoms with van der Waals surface area (Å²) in [5.41, 5.74) is 1.93. The number of hydrogen-bond acceptors (Lipinski definition) is 2. The number of hydrogen-bond donors (Lipinski definition) is 2. The predicted molar refractivity (Wildman–Crippen MR) is 74.4 cm³/mol. The van der Waals surface area contributed by atoms with Gasteiger partial charge in [-0.25, -0.2) is 4.79 Å². The number of carbonyl (C=O) groups is 2. The Morgan fingerprint density at radius 3 is 2.42 bits per heavy atom. The highest BCUT2D eigenvalue weighted by Gasteiger charge is 2.13. The standard InChI is InChI=1S/C14H20N2O3/c1-10-4-6-12(7-5-10)16(3)14(19)15-9-8-11(2)13(17)18/h4-7,11H,8-9H2,1-3H3,(H,15,19)(H,17,18). The Labute approximate surface area is 113 Å². The Bertz CT molecular complexity index is 443. The predicted octanol–water partition coefficient (Wildman–Crippen LogP) is 2.25.